The SMILES string of the molecule is O=S(=O)(c1ccc(Cl)cc1Cl)N1CCCC[C@H]1CO. The molecule has 0 spiro atoms. The lowest BCUT2D eigenvalue weighted by Gasteiger charge is -2.33. The third-order valence-electron chi connectivity index (χ3n) is 3.26. The van der Waals surface area contributed by atoms with Crippen molar-refractivity contribution in [1.82, 2.24) is 4.31 Å². The number of rotatable bonds is 3. The third-order valence-corrected chi connectivity index (χ3v) is 5.93. The maximum absolute atomic E-state index is 12.6. The van der Waals surface area contributed by atoms with Crippen molar-refractivity contribution < 1.29 is 13.5 Å². The van der Waals surface area contributed by atoms with Crippen LogP contribution < -0.4 is 0 Å². The first-order chi connectivity index (χ1) is 8.96. The van der Waals surface area contributed by atoms with Gasteiger partial charge in [-0.25, -0.2) is 8.42 Å². The lowest BCUT2D eigenvalue weighted by Crippen LogP contribution is -2.45. The Bertz CT molecular complexity index is 562. The molecule has 7 heteroatoms. The van der Waals surface area contributed by atoms with E-state index in [2.05, 4.69) is 0 Å². The van der Waals surface area contributed by atoms with Crippen LogP contribution in [0.15, 0.2) is 23.1 Å². The van der Waals surface area contributed by atoms with Crippen LogP contribution in [0.1, 0.15) is 19.3 Å². The number of hydrogen-bond donors (Lipinski definition) is 1. The molecule has 1 saturated heterocycles. The fourth-order valence-electron chi connectivity index (χ4n) is 2.28. The van der Waals surface area contributed by atoms with Gasteiger partial charge in [-0.3, -0.25) is 0 Å². The molecule has 1 atom stereocenters. The van der Waals surface area contributed by atoms with Gasteiger partial charge in [-0.15, -0.1) is 0 Å². The molecule has 19 heavy (non-hydrogen) atoms. The van der Waals surface area contributed by atoms with E-state index in [0.717, 1.165) is 12.8 Å². The Labute approximate surface area is 123 Å². The van der Waals surface area contributed by atoms with E-state index in [4.69, 9.17) is 23.2 Å². The zero-order valence-corrected chi connectivity index (χ0v) is 12.5. The van der Waals surface area contributed by atoms with Gasteiger partial charge in [-0.2, -0.15) is 4.31 Å². The maximum atomic E-state index is 12.6. The van der Waals surface area contributed by atoms with Gasteiger partial charge in [0.1, 0.15) is 4.90 Å². The summed E-state index contributed by atoms with van der Waals surface area (Å²) in [5.41, 5.74) is 0. The van der Waals surface area contributed by atoms with Gasteiger partial charge in [0.15, 0.2) is 0 Å². The Morgan fingerprint density at radius 3 is 2.68 bits per heavy atom. The number of aliphatic hydroxyl groups excluding tert-OH is 1. The van der Waals surface area contributed by atoms with Crippen LogP contribution in [0.4, 0.5) is 0 Å². The standard InChI is InChI=1S/C12H15Cl2NO3S/c13-9-4-5-12(11(14)7-9)19(17,18)15-6-2-1-3-10(15)8-16/h4-5,7,10,16H,1-3,6,8H2/t10-/m0/s1. The Morgan fingerprint density at radius 1 is 1.32 bits per heavy atom. The van der Waals surface area contributed by atoms with Crippen molar-refractivity contribution in [2.75, 3.05) is 13.2 Å². The summed E-state index contributed by atoms with van der Waals surface area (Å²) in [5, 5.41) is 9.82. The van der Waals surface area contributed by atoms with Gasteiger partial charge in [0.2, 0.25) is 10.0 Å². The van der Waals surface area contributed by atoms with Gasteiger partial charge in [0.25, 0.3) is 0 Å². The van der Waals surface area contributed by atoms with E-state index >= 15 is 0 Å². The summed E-state index contributed by atoms with van der Waals surface area (Å²) in [6.45, 7) is 0.233. The quantitative estimate of drug-likeness (QED) is 0.929. The molecule has 1 aliphatic heterocycles. The fraction of sp³-hybridized carbons (Fsp3) is 0.500. The summed E-state index contributed by atoms with van der Waals surface area (Å²) in [6.07, 6.45) is 2.38. The summed E-state index contributed by atoms with van der Waals surface area (Å²) in [5.74, 6) is 0. The molecule has 1 aromatic rings. The van der Waals surface area contributed by atoms with E-state index in [9.17, 15) is 13.5 Å². The summed E-state index contributed by atoms with van der Waals surface area (Å²) in [7, 11) is -3.69. The second-order valence-electron chi connectivity index (χ2n) is 4.52. The number of hydrogen-bond acceptors (Lipinski definition) is 3. The first-order valence-electron chi connectivity index (χ1n) is 6.04. The van der Waals surface area contributed by atoms with E-state index in [1.165, 1.54) is 22.5 Å². The van der Waals surface area contributed by atoms with Crippen LogP contribution in [-0.4, -0.2) is 37.0 Å². The van der Waals surface area contributed by atoms with Crippen molar-refractivity contribution in [3.63, 3.8) is 0 Å². The topological polar surface area (TPSA) is 57.6 Å². The van der Waals surface area contributed by atoms with E-state index in [-0.39, 0.29) is 22.6 Å². The van der Waals surface area contributed by atoms with Gasteiger partial charge in [0, 0.05) is 17.6 Å². The van der Waals surface area contributed by atoms with Crippen LogP contribution in [0, 0.1) is 0 Å². The van der Waals surface area contributed by atoms with Gasteiger partial charge in [-0.1, -0.05) is 29.6 Å². The number of nitrogens with zero attached hydrogens (tertiary/aromatic N) is 1. The van der Waals surface area contributed by atoms with Crippen LogP contribution in [0.25, 0.3) is 0 Å². The van der Waals surface area contributed by atoms with Gasteiger partial charge in [-0.05, 0) is 31.0 Å². The first kappa shape index (κ1) is 15.1. The molecule has 0 bridgehead atoms. The molecule has 0 amide bonds. The zero-order chi connectivity index (χ0) is 14.0. The zero-order valence-electron chi connectivity index (χ0n) is 10.2. The highest BCUT2D eigenvalue weighted by Crippen LogP contribution is 2.31. The number of piperidine rings is 1. The van der Waals surface area contributed by atoms with Crippen LogP contribution in [0.2, 0.25) is 10.0 Å². The van der Waals surface area contributed by atoms with E-state index in [0.29, 0.717) is 18.0 Å². The number of sulfonamides is 1. The second kappa shape index (κ2) is 5.97. The predicted molar refractivity (Wildman–Crippen MR) is 75.1 cm³/mol. The Balaban J connectivity index is 2.40. The molecular weight excluding hydrogens is 309 g/mol. The minimum atomic E-state index is -3.69. The summed E-state index contributed by atoms with van der Waals surface area (Å²) in [6, 6.07) is 3.94. The van der Waals surface area contributed by atoms with E-state index < -0.39 is 10.0 Å². The van der Waals surface area contributed by atoms with Crippen LogP contribution in [0.5, 0.6) is 0 Å². The smallest absolute Gasteiger partial charge is 0.244 e. The molecule has 0 aromatic heterocycles. The molecule has 106 valence electrons. The third kappa shape index (κ3) is 3.06. The Morgan fingerprint density at radius 2 is 2.05 bits per heavy atom. The van der Waals surface area contributed by atoms with Gasteiger partial charge in [0.05, 0.1) is 11.6 Å². The lowest BCUT2D eigenvalue weighted by molar-refractivity contribution is 0.155. The number of aliphatic hydroxyl groups is 1. The van der Waals surface area contributed by atoms with E-state index in [1.54, 1.807) is 0 Å². The Kier molecular flexibility index (Phi) is 4.74. The van der Waals surface area contributed by atoms with Crippen LogP contribution in [-0.2, 0) is 10.0 Å². The highest BCUT2D eigenvalue weighted by molar-refractivity contribution is 7.89. The molecule has 2 rings (SSSR count). The first-order valence-corrected chi connectivity index (χ1v) is 8.24. The van der Waals surface area contributed by atoms with Crippen molar-refractivity contribution in [1.29, 1.82) is 0 Å². The molecule has 4 nitrogen and oxygen atoms in total. The molecule has 1 fully saturated rings. The summed E-state index contributed by atoms with van der Waals surface area (Å²) >= 11 is 11.7. The molecule has 0 saturated carbocycles. The van der Waals surface area contributed by atoms with Crippen molar-refractivity contribution in [3.05, 3.63) is 28.2 Å². The molecule has 1 aromatic carbocycles. The maximum Gasteiger partial charge on any atom is 0.244 e. The van der Waals surface area contributed by atoms with Crippen LogP contribution >= 0.6 is 23.2 Å². The molecule has 1 N–H and O–H groups in total. The molecule has 1 aliphatic rings. The monoisotopic (exact) mass is 323 g/mol. The van der Waals surface area contributed by atoms with Crippen molar-refractivity contribution >= 4 is 33.2 Å². The van der Waals surface area contributed by atoms with E-state index in [1.807, 2.05) is 0 Å². The highest BCUT2D eigenvalue weighted by atomic mass is 35.5. The normalized spacial score (nSPS) is 21.5. The van der Waals surface area contributed by atoms with Crippen molar-refractivity contribution in [3.8, 4) is 0 Å². The minimum absolute atomic E-state index is 0.0407. The molecule has 1 heterocycles. The molecular formula is C12H15Cl2NO3S. The summed E-state index contributed by atoms with van der Waals surface area (Å²) < 4.78 is 26.5. The average Bonchev–Trinajstić information content (AvgIpc) is 2.38. The average molecular weight is 324 g/mol. The van der Waals surface area contributed by atoms with Gasteiger partial charge < -0.3 is 5.11 Å². The minimum Gasteiger partial charge on any atom is -0.395 e. The van der Waals surface area contributed by atoms with Crippen molar-refractivity contribution in [2.24, 2.45) is 0 Å². The number of benzene rings is 1. The molecule has 0 unspecified atom stereocenters. The molecule has 0 radical (unpaired) electrons. The lowest BCUT2D eigenvalue weighted by atomic mass is 10.1. The summed E-state index contributed by atoms with van der Waals surface area (Å²) in [4.78, 5) is 0.0407. The Hall–Kier alpha value is -0.330. The highest BCUT2D eigenvalue weighted by Gasteiger charge is 2.34. The largest absolute Gasteiger partial charge is 0.395 e. The second-order valence-corrected chi connectivity index (χ2v) is 7.23. The van der Waals surface area contributed by atoms with Crippen LogP contribution in [0.3, 0.4) is 0 Å². The number of halogens is 2. The fourth-order valence-corrected chi connectivity index (χ4v) is 4.72. The van der Waals surface area contributed by atoms with Gasteiger partial charge >= 0.3 is 0 Å². The predicted octanol–water partition coefficient (Wildman–Crippen LogP) is 2.53. The molecule has 0 aliphatic carbocycles. The van der Waals surface area contributed by atoms with Crippen molar-refractivity contribution in [2.45, 2.75) is 30.2 Å².